The lowest BCUT2D eigenvalue weighted by molar-refractivity contribution is 0.0596. The molecule has 0 bridgehead atoms. The third-order valence-corrected chi connectivity index (χ3v) is 3.29. The first kappa shape index (κ1) is 12.4. The molecule has 2 aromatic rings. The van der Waals surface area contributed by atoms with E-state index in [9.17, 15) is 4.79 Å². The molecule has 0 amide bonds. The average molecular weight is 264 g/mol. The highest BCUT2D eigenvalue weighted by Crippen LogP contribution is 2.37. The number of para-hydroxylation sites is 1. The molecule has 5 nitrogen and oxygen atoms in total. The quantitative estimate of drug-likeness (QED) is 0.860. The van der Waals surface area contributed by atoms with Gasteiger partial charge >= 0.3 is 5.97 Å². The minimum Gasteiger partial charge on any atom is -0.496 e. The number of nitrogen functional groups attached to an aromatic ring is 1. The lowest BCUT2D eigenvalue weighted by atomic mass is 10.1. The van der Waals surface area contributed by atoms with Crippen LogP contribution in [0, 0.1) is 0 Å². The largest absolute Gasteiger partial charge is 0.496 e. The van der Waals surface area contributed by atoms with Crippen molar-refractivity contribution in [1.82, 2.24) is 4.98 Å². The molecule has 2 N–H and O–H groups in total. The van der Waals surface area contributed by atoms with Crippen LogP contribution >= 0.6 is 11.3 Å². The summed E-state index contributed by atoms with van der Waals surface area (Å²) in [5.41, 5.74) is 6.64. The Hall–Kier alpha value is -2.08. The molecule has 94 valence electrons. The van der Waals surface area contributed by atoms with Gasteiger partial charge in [-0.15, -0.1) is 0 Å². The predicted octanol–water partition coefficient (Wildman–Crippen LogP) is 2.19. The molecule has 1 aromatic heterocycles. The van der Waals surface area contributed by atoms with Gasteiger partial charge in [0.25, 0.3) is 0 Å². The van der Waals surface area contributed by atoms with Gasteiger partial charge in [-0.05, 0) is 12.1 Å². The average Bonchev–Trinajstić information content (AvgIpc) is 2.79. The Morgan fingerprint density at radius 3 is 2.72 bits per heavy atom. The van der Waals surface area contributed by atoms with Gasteiger partial charge in [-0.2, -0.15) is 0 Å². The molecular weight excluding hydrogens is 252 g/mol. The van der Waals surface area contributed by atoms with Crippen molar-refractivity contribution in [1.29, 1.82) is 0 Å². The molecule has 0 radical (unpaired) electrons. The van der Waals surface area contributed by atoms with Crippen molar-refractivity contribution in [2.75, 3.05) is 20.0 Å². The fourth-order valence-electron chi connectivity index (χ4n) is 1.59. The number of aromatic nitrogens is 1. The van der Waals surface area contributed by atoms with Crippen LogP contribution in [0.3, 0.4) is 0 Å². The van der Waals surface area contributed by atoms with Crippen molar-refractivity contribution in [2.45, 2.75) is 0 Å². The number of carbonyl (C=O) groups excluding carboxylic acids is 1. The van der Waals surface area contributed by atoms with Crippen LogP contribution in [0.1, 0.15) is 10.5 Å². The van der Waals surface area contributed by atoms with E-state index in [1.54, 1.807) is 7.11 Å². The van der Waals surface area contributed by atoms with Gasteiger partial charge in [-0.3, -0.25) is 0 Å². The molecule has 1 aromatic carbocycles. The number of esters is 1. The minimum atomic E-state index is -0.510. The Kier molecular flexibility index (Phi) is 3.47. The SMILES string of the molecule is COC(=O)c1nc(N)sc1-c1ccccc1OC. The van der Waals surface area contributed by atoms with Gasteiger partial charge in [0.2, 0.25) is 0 Å². The maximum absolute atomic E-state index is 11.6. The van der Waals surface area contributed by atoms with Crippen LogP contribution in [0.4, 0.5) is 5.13 Å². The lowest BCUT2D eigenvalue weighted by Crippen LogP contribution is -2.04. The minimum absolute atomic E-state index is 0.213. The highest BCUT2D eigenvalue weighted by atomic mass is 32.1. The van der Waals surface area contributed by atoms with Gasteiger partial charge < -0.3 is 15.2 Å². The first-order chi connectivity index (χ1) is 8.67. The standard InChI is InChI=1S/C12H12N2O3S/c1-16-8-6-4-3-5-7(8)10-9(11(15)17-2)14-12(13)18-10/h3-6H,1-2H3,(H2,13,14). The van der Waals surface area contributed by atoms with Crippen molar-refractivity contribution in [3.05, 3.63) is 30.0 Å². The first-order valence-electron chi connectivity index (χ1n) is 5.15. The van der Waals surface area contributed by atoms with Gasteiger partial charge in [0.1, 0.15) is 5.75 Å². The number of hydrogen-bond acceptors (Lipinski definition) is 6. The van der Waals surface area contributed by atoms with Gasteiger partial charge in [0, 0.05) is 5.56 Å². The number of anilines is 1. The summed E-state index contributed by atoms with van der Waals surface area (Å²) in [6.07, 6.45) is 0. The molecule has 1 heterocycles. The molecule has 0 aliphatic rings. The monoisotopic (exact) mass is 264 g/mol. The molecule has 0 fully saturated rings. The molecule has 0 saturated heterocycles. The number of nitrogens with zero attached hydrogens (tertiary/aromatic N) is 1. The number of benzene rings is 1. The Balaban J connectivity index is 2.60. The zero-order valence-corrected chi connectivity index (χ0v) is 10.8. The van der Waals surface area contributed by atoms with E-state index >= 15 is 0 Å². The topological polar surface area (TPSA) is 74.4 Å². The molecule has 2 rings (SSSR count). The number of ether oxygens (including phenoxy) is 2. The summed E-state index contributed by atoms with van der Waals surface area (Å²) in [6, 6.07) is 7.36. The van der Waals surface area contributed by atoms with Crippen LogP contribution in [-0.2, 0) is 4.74 Å². The van der Waals surface area contributed by atoms with Crippen molar-refractivity contribution >= 4 is 22.4 Å². The Morgan fingerprint density at radius 1 is 1.33 bits per heavy atom. The third-order valence-electron chi connectivity index (χ3n) is 2.37. The summed E-state index contributed by atoms with van der Waals surface area (Å²) < 4.78 is 9.96. The number of carbonyl (C=O) groups is 1. The van der Waals surface area contributed by atoms with E-state index in [-0.39, 0.29) is 5.69 Å². The summed E-state index contributed by atoms with van der Waals surface area (Å²) in [7, 11) is 2.88. The number of methoxy groups -OCH3 is 2. The van der Waals surface area contributed by atoms with E-state index < -0.39 is 5.97 Å². The van der Waals surface area contributed by atoms with E-state index in [1.807, 2.05) is 24.3 Å². The maximum atomic E-state index is 11.6. The van der Waals surface area contributed by atoms with Crippen LogP contribution < -0.4 is 10.5 Å². The molecular formula is C12H12N2O3S. The van der Waals surface area contributed by atoms with E-state index in [1.165, 1.54) is 18.4 Å². The van der Waals surface area contributed by atoms with Gasteiger partial charge in [0.15, 0.2) is 10.8 Å². The molecule has 0 saturated carbocycles. The molecule has 0 aliphatic carbocycles. The fraction of sp³-hybridized carbons (Fsp3) is 0.167. The van der Waals surface area contributed by atoms with Crippen LogP contribution in [0.5, 0.6) is 5.75 Å². The molecule has 0 spiro atoms. The fourth-order valence-corrected chi connectivity index (χ4v) is 2.44. The Morgan fingerprint density at radius 2 is 2.06 bits per heavy atom. The number of thiazole rings is 1. The van der Waals surface area contributed by atoms with Crippen LogP contribution in [0.25, 0.3) is 10.4 Å². The van der Waals surface area contributed by atoms with Crippen LogP contribution in [0.2, 0.25) is 0 Å². The summed E-state index contributed by atoms with van der Waals surface area (Å²) in [5.74, 6) is 0.148. The molecule has 0 unspecified atom stereocenters. The summed E-state index contributed by atoms with van der Waals surface area (Å²) in [4.78, 5) is 16.3. The van der Waals surface area contributed by atoms with Crippen molar-refractivity contribution in [3.63, 3.8) is 0 Å². The Bertz CT molecular complexity index is 580. The van der Waals surface area contributed by atoms with E-state index in [4.69, 9.17) is 15.2 Å². The normalized spacial score (nSPS) is 10.1. The Labute approximate surface area is 108 Å². The summed E-state index contributed by atoms with van der Waals surface area (Å²) in [5, 5.41) is 0.316. The first-order valence-corrected chi connectivity index (χ1v) is 5.97. The molecule has 0 atom stereocenters. The van der Waals surface area contributed by atoms with Crippen LogP contribution in [-0.4, -0.2) is 25.2 Å². The second kappa shape index (κ2) is 5.05. The molecule has 0 aliphatic heterocycles. The van der Waals surface area contributed by atoms with Crippen LogP contribution in [0.15, 0.2) is 24.3 Å². The third kappa shape index (κ3) is 2.14. The zero-order chi connectivity index (χ0) is 13.1. The van der Waals surface area contributed by atoms with Gasteiger partial charge in [-0.25, -0.2) is 9.78 Å². The summed E-state index contributed by atoms with van der Waals surface area (Å²) >= 11 is 1.23. The highest BCUT2D eigenvalue weighted by molar-refractivity contribution is 7.19. The van der Waals surface area contributed by atoms with Crippen molar-refractivity contribution < 1.29 is 14.3 Å². The number of nitrogens with two attached hydrogens (primary N) is 1. The lowest BCUT2D eigenvalue weighted by Gasteiger charge is -2.06. The smallest absolute Gasteiger partial charge is 0.358 e. The van der Waals surface area contributed by atoms with Crippen molar-refractivity contribution in [3.8, 4) is 16.2 Å². The van der Waals surface area contributed by atoms with Gasteiger partial charge in [0.05, 0.1) is 19.1 Å². The number of hydrogen-bond donors (Lipinski definition) is 1. The van der Waals surface area contributed by atoms with Gasteiger partial charge in [-0.1, -0.05) is 23.5 Å². The van der Waals surface area contributed by atoms with Crippen molar-refractivity contribution in [2.24, 2.45) is 0 Å². The van der Waals surface area contributed by atoms with E-state index in [0.717, 1.165) is 5.56 Å². The zero-order valence-electron chi connectivity index (χ0n) is 9.97. The molecule has 18 heavy (non-hydrogen) atoms. The van der Waals surface area contributed by atoms with E-state index in [2.05, 4.69) is 4.98 Å². The number of rotatable bonds is 3. The second-order valence-corrected chi connectivity index (χ2v) is 4.45. The highest BCUT2D eigenvalue weighted by Gasteiger charge is 2.21. The predicted molar refractivity (Wildman–Crippen MR) is 69.9 cm³/mol. The second-order valence-electron chi connectivity index (χ2n) is 3.42. The maximum Gasteiger partial charge on any atom is 0.358 e. The van der Waals surface area contributed by atoms with E-state index in [0.29, 0.717) is 15.8 Å². The molecule has 6 heteroatoms. The summed E-state index contributed by atoms with van der Waals surface area (Å²) in [6.45, 7) is 0.